The Morgan fingerprint density at radius 1 is 1.16 bits per heavy atom. The van der Waals surface area contributed by atoms with Gasteiger partial charge in [0.05, 0.1) is 0 Å². The number of amides is 1. The third-order valence-electron chi connectivity index (χ3n) is 5.53. The van der Waals surface area contributed by atoms with E-state index in [1.165, 1.54) is 12.8 Å². The Morgan fingerprint density at radius 3 is 2.26 bits per heavy atom. The predicted molar refractivity (Wildman–Crippen MR) is 67.7 cm³/mol. The molecule has 2 unspecified atom stereocenters. The maximum atomic E-state index is 12.4. The number of piperidine rings is 2. The summed E-state index contributed by atoms with van der Waals surface area (Å²) in [5.41, 5.74) is 0. The first-order valence-corrected chi connectivity index (χ1v) is 7.63. The molecule has 4 heteroatoms. The van der Waals surface area contributed by atoms with Gasteiger partial charge in [-0.2, -0.15) is 0 Å². The Hall–Kier alpha value is 1.07. The molecule has 102 valence electrons. The van der Waals surface area contributed by atoms with E-state index in [2.05, 4.69) is 11.8 Å². The molecule has 0 radical (unpaired) electrons. The summed E-state index contributed by atoms with van der Waals surface area (Å²) in [6.45, 7) is 4.26. The molecular weight excluding hydrogens is 265 g/mol. The van der Waals surface area contributed by atoms with Gasteiger partial charge in [-0.3, -0.25) is 4.79 Å². The van der Waals surface area contributed by atoms with E-state index in [0.717, 1.165) is 43.7 Å². The number of carbonyl (C=O) groups excluding carboxylic acids is 1. The first-order chi connectivity index (χ1) is 8.69. The number of hydrogen-bond acceptors (Lipinski definition) is 2. The Kier molecular flexibility index (Phi) is 5.96. The number of carbonyl (C=O) groups is 1. The van der Waals surface area contributed by atoms with Crippen molar-refractivity contribution in [3.05, 3.63) is 0 Å². The SMILES string of the molecule is CCC1C2CC1CN(C(=O)C1CCC([O-])CC1)C2.[K+]. The van der Waals surface area contributed by atoms with Crippen LogP contribution in [0.2, 0.25) is 0 Å². The molecule has 4 fully saturated rings. The van der Waals surface area contributed by atoms with E-state index in [0.29, 0.717) is 18.7 Å². The van der Waals surface area contributed by atoms with Gasteiger partial charge in [-0.15, -0.1) is 6.10 Å². The third-order valence-corrected chi connectivity index (χ3v) is 5.53. The summed E-state index contributed by atoms with van der Waals surface area (Å²) in [5, 5.41) is 11.3. The van der Waals surface area contributed by atoms with Gasteiger partial charge in [-0.1, -0.05) is 26.2 Å². The maximum absolute atomic E-state index is 12.4. The summed E-state index contributed by atoms with van der Waals surface area (Å²) in [5.74, 6) is 2.94. The van der Waals surface area contributed by atoms with Gasteiger partial charge in [0, 0.05) is 19.0 Å². The number of rotatable bonds is 2. The second-order valence-electron chi connectivity index (χ2n) is 6.54. The molecule has 0 aromatic heterocycles. The quantitative estimate of drug-likeness (QED) is 0.576. The second-order valence-corrected chi connectivity index (χ2v) is 6.54. The first-order valence-electron chi connectivity index (χ1n) is 7.63. The van der Waals surface area contributed by atoms with Gasteiger partial charge in [-0.05, 0) is 37.0 Å². The van der Waals surface area contributed by atoms with Gasteiger partial charge >= 0.3 is 51.4 Å². The molecule has 2 saturated carbocycles. The standard InChI is InChI=1S/C15H24NO2.K/c1-2-14-11-7-12(14)9-16(8-11)15(18)10-3-5-13(17)6-4-10;/h10-14H,2-9H2,1H3;/q-1;+1. The minimum atomic E-state index is -0.409. The van der Waals surface area contributed by atoms with Crippen LogP contribution in [0.4, 0.5) is 0 Å². The molecule has 4 rings (SSSR count). The van der Waals surface area contributed by atoms with Gasteiger partial charge in [0.15, 0.2) is 0 Å². The molecular formula is C15H24KNO2. The van der Waals surface area contributed by atoms with Crippen molar-refractivity contribution in [3.63, 3.8) is 0 Å². The van der Waals surface area contributed by atoms with E-state index in [1.807, 2.05) is 0 Å². The largest absolute Gasteiger partial charge is 1.00 e. The molecule has 2 saturated heterocycles. The van der Waals surface area contributed by atoms with Crippen LogP contribution < -0.4 is 56.5 Å². The Labute approximate surface area is 158 Å². The average Bonchev–Trinajstić information content (AvgIpc) is 2.39. The van der Waals surface area contributed by atoms with Gasteiger partial charge in [0.2, 0.25) is 5.91 Å². The van der Waals surface area contributed by atoms with Crippen LogP contribution >= 0.6 is 0 Å². The van der Waals surface area contributed by atoms with Crippen LogP contribution in [-0.4, -0.2) is 30.0 Å². The first kappa shape index (κ1) is 16.4. The minimum Gasteiger partial charge on any atom is -0.852 e. The van der Waals surface area contributed by atoms with Gasteiger partial charge in [0.1, 0.15) is 0 Å². The molecule has 0 spiro atoms. The van der Waals surface area contributed by atoms with Crippen molar-refractivity contribution in [1.82, 2.24) is 4.90 Å². The fraction of sp³-hybridized carbons (Fsp3) is 0.933. The van der Waals surface area contributed by atoms with Gasteiger partial charge < -0.3 is 10.0 Å². The summed E-state index contributed by atoms with van der Waals surface area (Å²) in [6.07, 6.45) is 5.28. The zero-order chi connectivity index (χ0) is 12.7. The topological polar surface area (TPSA) is 43.4 Å². The van der Waals surface area contributed by atoms with E-state index < -0.39 is 6.10 Å². The third kappa shape index (κ3) is 3.29. The fourth-order valence-corrected chi connectivity index (χ4v) is 4.40. The summed E-state index contributed by atoms with van der Waals surface area (Å²) >= 11 is 0. The van der Waals surface area contributed by atoms with E-state index in [4.69, 9.17) is 0 Å². The number of fused-ring (bicyclic) bond motifs is 2. The molecule has 4 aliphatic rings. The normalized spacial score (nSPS) is 41.2. The van der Waals surface area contributed by atoms with Gasteiger partial charge in [-0.25, -0.2) is 0 Å². The van der Waals surface area contributed by atoms with Crippen LogP contribution in [0.3, 0.4) is 0 Å². The molecule has 2 aliphatic carbocycles. The van der Waals surface area contributed by atoms with E-state index in [9.17, 15) is 9.90 Å². The van der Waals surface area contributed by atoms with E-state index in [-0.39, 0.29) is 57.3 Å². The molecule has 2 aliphatic heterocycles. The van der Waals surface area contributed by atoms with Crippen molar-refractivity contribution >= 4 is 5.91 Å². The average molecular weight is 289 g/mol. The number of nitrogens with zero attached hydrogens (tertiary/aromatic N) is 1. The van der Waals surface area contributed by atoms with Crippen LogP contribution in [-0.2, 0) is 4.79 Å². The maximum Gasteiger partial charge on any atom is 1.00 e. The van der Waals surface area contributed by atoms with Crippen molar-refractivity contribution < 1.29 is 61.3 Å². The molecule has 0 aromatic carbocycles. The minimum absolute atomic E-state index is 0. The summed E-state index contributed by atoms with van der Waals surface area (Å²) in [7, 11) is 0. The van der Waals surface area contributed by atoms with Crippen molar-refractivity contribution in [2.45, 2.75) is 51.6 Å². The Balaban J connectivity index is 0.00000133. The van der Waals surface area contributed by atoms with Crippen molar-refractivity contribution in [2.24, 2.45) is 23.7 Å². The van der Waals surface area contributed by atoms with Crippen LogP contribution in [0.15, 0.2) is 0 Å². The molecule has 3 nitrogen and oxygen atoms in total. The van der Waals surface area contributed by atoms with Gasteiger partial charge in [0.25, 0.3) is 0 Å². The van der Waals surface area contributed by atoms with Crippen molar-refractivity contribution in [1.29, 1.82) is 0 Å². The Morgan fingerprint density at radius 2 is 1.74 bits per heavy atom. The molecule has 1 amide bonds. The van der Waals surface area contributed by atoms with Crippen molar-refractivity contribution in [3.8, 4) is 0 Å². The molecule has 19 heavy (non-hydrogen) atoms. The van der Waals surface area contributed by atoms with Crippen LogP contribution in [0.1, 0.15) is 45.4 Å². The molecule has 2 atom stereocenters. The molecule has 0 aromatic rings. The van der Waals surface area contributed by atoms with Crippen molar-refractivity contribution in [2.75, 3.05) is 13.1 Å². The second kappa shape index (κ2) is 6.88. The zero-order valence-corrected chi connectivity index (χ0v) is 15.4. The summed E-state index contributed by atoms with van der Waals surface area (Å²) in [4.78, 5) is 14.6. The van der Waals surface area contributed by atoms with E-state index in [1.54, 1.807) is 0 Å². The Bertz CT molecular complexity index is 316. The number of hydrogen-bond donors (Lipinski definition) is 0. The van der Waals surface area contributed by atoms with Crippen LogP contribution in [0.5, 0.6) is 0 Å². The van der Waals surface area contributed by atoms with Crippen LogP contribution in [0, 0.1) is 23.7 Å². The smallest absolute Gasteiger partial charge is 0.852 e. The monoisotopic (exact) mass is 289 g/mol. The van der Waals surface area contributed by atoms with E-state index >= 15 is 0 Å². The van der Waals surface area contributed by atoms with Crippen LogP contribution in [0.25, 0.3) is 0 Å². The molecule has 2 heterocycles. The zero-order valence-electron chi connectivity index (χ0n) is 12.3. The molecule has 0 N–H and O–H groups in total. The summed E-state index contributed by atoms with van der Waals surface area (Å²) in [6, 6.07) is 0. The molecule has 2 bridgehead atoms. The predicted octanol–water partition coefficient (Wildman–Crippen LogP) is -1.59. The summed E-state index contributed by atoms with van der Waals surface area (Å²) < 4.78 is 0. The fourth-order valence-electron chi connectivity index (χ4n) is 4.40.